The van der Waals surface area contributed by atoms with Gasteiger partial charge in [-0.2, -0.15) is 4.98 Å². The lowest BCUT2D eigenvalue weighted by Crippen LogP contribution is -2.32. The Labute approximate surface area is 211 Å². The van der Waals surface area contributed by atoms with Gasteiger partial charge in [-0.3, -0.25) is 4.79 Å². The highest BCUT2D eigenvalue weighted by Gasteiger charge is 2.36. The Morgan fingerprint density at radius 1 is 1.24 bits per heavy atom. The lowest BCUT2D eigenvalue weighted by Gasteiger charge is -2.29. The molecule has 3 aromatic rings. The molecule has 178 valence electrons. The summed E-state index contributed by atoms with van der Waals surface area (Å²) in [6.45, 7) is 6.31. The van der Waals surface area contributed by atoms with Crippen molar-refractivity contribution in [3.63, 3.8) is 0 Å². The van der Waals surface area contributed by atoms with Crippen molar-refractivity contribution in [1.82, 2.24) is 14.8 Å². The van der Waals surface area contributed by atoms with Gasteiger partial charge in [-0.05, 0) is 49.9 Å². The van der Waals surface area contributed by atoms with Crippen LogP contribution in [0, 0.1) is 0 Å². The minimum absolute atomic E-state index is 0.268. The predicted molar refractivity (Wildman–Crippen MR) is 138 cm³/mol. The van der Waals surface area contributed by atoms with Gasteiger partial charge >= 0.3 is 0 Å². The molecule has 2 heterocycles. The minimum atomic E-state index is -0.554. The Hall–Kier alpha value is -2.98. The molecule has 1 aromatic heterocycles. The number of hydrogen-bond acceptors (Lipinski definition) is 7. The summed E-state index contributed by atoms with van der Waals surface area (Å²) in [5, 5.41) is 11.6. The lowest BCUT2D eigenvalue weighted by atomic mass is 9.94. The topological polar surface area (TPSA) is 90.3 Å². The third-order valence-corrected chi connectivity index (χ3v) is 6.49. The van der Waals surface area contributed by atoms with E-state index in [0.29, 0.717) is 46.2 Å². The van der Waals surface area contributed by atoms with Crippen LogP contribution in [0.3, 0.4) is 0 Å². The fraction of sp³-hybridized carbons (Fsp3) is 0.292. The number of fused-ring (bicyclic) bond motifs is 1. The highest BCUT2D eigenvalue weighted by atomic mass is 79.9. The molecule has 2 aromatic carbocycles. The van der Waals surface area contributed by atoms with Crippen molar-refractivity contribution in [3.8, 4) is 11.5 Å². The minimum Gasteiger partial charge on any atom is -0.496 e. The van der Waals surface area contributed by atoms with Gasteiger partial charge in [0, 0.05) is 15.7 Å². The van der Waals surface area contributed by atoms with Crippen LogP contribution in [0.2, 0.25) is 0 Å². The SMILES string of the molecule is CCOc1ccccc1NC(=O)C1=C(C)Nc2nc(SCC)nn2C1c1cc(Br)ccc1OC. The van der Waals surface area contributed by atoms with Crippen molar-refractivity contribution in [2.45, 2.75) is 32.0 Å². The molecule has 1 aliphatic rings. The molecule has 1 atom stereocenters. The maximum atomic E-state index is 13.8. The van der Waals surface area contributed by atoms with Gasteiger partial charge in [0.2, 0.25) is 11.1 Å². The number of nitrogens with one attached hydrogen (secondary N) is 2. The molecule has 2 N–H and O–H groups in total. The summed E-state index contributed by atoms with van der Waals surface area (Å²) >= 11 is 5.10. The standard InChI is InChI=1S/C24H26BrN5O3S/c1-5-33-19-10-8-7-9-17(19)27-22(31)20-14(3)26-23-28-24(34-6-2)29-30(23)21(20)16-13-15(25)11-12-18(16)32-4/h7-13,21H,5-6H2,1-4H3,(H,27,31)(H,26,28,29). The van der Waals surface area contributed by atoms with Gasteiger partial charge in [0.1, 0.15) is 17.5 Å². The highest BCUT2D eigenvalue weighted by molar-refractivity contribution is 9.10. The van der Waals surface area contributed by atoms with E-state index in [0.717, 1.165) is 15.8 Å². The molecule has 0 spiro atoms. The lowest BCUT2D eigenvalue weighted by molar-refractivity contribution is -0.113. The number of aromatic nitrogens is 3. The second-order valence-corrected chi connectivity index (χ2v) is 9.58. The first-order valence-electron chi connectivity index (χ1n) is 10.9. The zero-order valence-electron chi connectivity index (χ0n) is 19.4. The fourth-order valence-corrected chi connectivity index (χ4v) is 4.80. The van der Waals surface area contributed by atoms with E-state index in [1.165, 1.54) is 0 Å². The van der Waals surface area contributed by atoms with E-state index in [1.54, 1.807) is 23.6 Å². The van der Waals surface area contributed by atoms with Crippen LogP contribution in [0.5, 0.6) is 11.5 Å². The van der Waals surface area contributed by atoms with Gasteiger partial charge in [-0.1, -0.05) is 46.7 Å². The molecule has 34 heavy (non-hydrogen) atoms. The summed E-state index contributed by atoms with van der Waals surface area (Å²) in [5.74, 6) is 2.40. The smallest absolute Gasteiger partial charge is 0.255 e. The Morgan fingerprint density at radius 3 is 2.76 bits per heavy atom. The monoisotopic (exact) mass is 543 g/mol. The first-order valence-corrected chi connectivity index (χ1v) is 12.7. The summed E-state index contributed by atoms with van der Waals surface area (Å²) in [5.41, 5.74) is 2.58. The van der Waals surface area contributed by atoms with Crippen LogP contribution >= 0.6 is 27.7 Å². The fourth-order valence-electron chi connectivity index (χ4n) is 3.86. The maximum absolute atomic E-state index is 13.8. The Morgan fingerprint density at radius 2 is 2.03 bits per heavy atom. The number of para-hydroxylation sites is 2. The van der Waals surface area contributed by atoms with Crippen molar-refractivity contribution in [2.75, 3.05) is 30.1 Å². The van der Waals surface area contributed by atoms with Gasteiger partial charge in [0.25, 0.3) is 5.91 Å². The van der Waals surface area contributed by atoms with Crippen LogP contribution in [0.1, 0.15) is 32.4 Å². The number of nitrogens with zero attached hydrogens (tertiary/aromatic N) is 3. The van der Waals surface area contributed by atoms with E-state index in [2.05, 4.69) is 31.5 Å². The number of carbonyl (C=O) groups is 1. The first kappa shape index (κ1) is 24.2. The average Bonchev–Trinajstić information content (AvgIpc) is 3.21. The van der Waals surface area contributed by atoms with Crippen LogP contribution < -0.4 is 20.1 Å². The van der Waals surface area contributed by atoms with Crippen molar-refractivity contribution >= 4 is 45.2 Å². The summed E-state index contributed by atoms with van der Waals surface area (Å²) < 4.78 is 14.0. The Kier molecular flexibility index (Phi) is 7.47. The van der Waals surface area contributed by atoms with Crippen LogP contribution in [0.15, 0.2) is 63.4 Å². The molecule has 10 heteroatoms. The highest BCUT2D eigenvalue weighted by Crippen LogP contribution is 2.41. The number of thioether (sulfide) groups is 1. The van der Waals surface area contributed by atoms with E-state index < -0.39 is 6.04 Å². The molecule has 0 fully saturated rings. The number of carbonyl (C=O) groups excluding carboxylic acids is 1. The normalized spacial score (nSPS) is 14.9. The van der Waals surface area contributed by atoms with Gasteiger partial charge in [-0.25, -0.2) is 4.68 Å². The molecule has 4 rings (SSSR count). The number of anilines is 2. The number of methoxy groups -OCH3 is 1. The molecule has 1 amide bonds. The Bertz CT molecular complexity index is 1240. The second kappa shape index (κ2) is 10.5. The zero-order valence-corrected chi connectivity index (χ0v) is 21.8. The first-order chi connectivity index (χ1) is 16.5. The van der Waals surface area contributed by atoms with Crippen molar-refractivity contribution < 1.29 is 14.3 Å². The van der Waals surface area contributed by atoms with Crippen molar-refractivity contribution in [1.29, 1.82) is 0 Å². The van der Waals surface area contributed by atoms with Crippen LogP contribution in [-0.4, -0.2) is 40.1 Å². The number of allylic oxidation sites excluding steroid dienone is 1. The van der Waals surface area contributed by atoms with E-state index >= 15 is 0 Å². The number of hydrogen-bond donors (Lipinski definition) is 2. The predicted octanol–water partition coefficient (Wildman–Crippen LogP) is 5.49. The quantitative estimate of drug-likeness (QED) is 0.363. The number of halogens is 1. The van der Waals surface area contributed by atoms with E-state index in [9.17, 15) is 4.79 Å². The third-order valence-electron chi connectivity index (χ3n) is 5.27. The van der Waals surface area contributed by atoms with Crippen molar-refractivity contribution in [2.24, 2.45) is 0 Å². The maximum Gasteiger partial charge on any atom is 0.255 e. The summed E-state index contributed by atoms with van der Waals surface area (Å²) in [6.07, 6.45) is 0. The number of benzene rings is 2. The van der Waals surface area contributed by atoms with Gasteiger partial charge < -0.3 is 20.1 Å². The average molecular weight is 544 g/mol. The Balaban J connectivity index is 1.83. The molecule has 0 radical (unpaired) electrons. The molecule has 1 aliphatic heterocycles. The van der Waals surface area contributed by atoms with Crippen LogP contribution in [0.4, 0.5) is 11.6 Å². The van der Waals surface area contributed by atoms with Crippen LogP contribution in [-0.2, 0) is 4.79 Å². The van der Waals surface area contributed by atoms with Crippen LogP contribution in [0.25, 0.3) is 0 Å². The van der Waals surface area contributed by atoms with E-state index in [1.807, 2.05) is 63.2 Å². The molecule has 0 aliphatic carbocycles. The number of ether oxygens (including phenoxy) is 2. The molecule has 8 nitrogen and oxygen atoms in total. The number of amides is 1. The summed E-state index contributed by atoms with van der Waals surface area (Å²) in [4.78, 5) is 18.4. The van der Waals surface area contributed by atoms with E-state index in [-0.39, 0.29) is 5.91 Å². The van der Waals surface area contributed by atoms with Gasteiger partial charge in [0.15, 0.2) is 0 Å². The summed E-state index contributed by atoms with van der Waals surface area (Å²) in [6, 6.07) is 12.5. The molecule has 0 bridgehead atoms. The van der Waals surface area contributed by atoms with E-state index in [4.69, 9.17) is 14.6 Å². The molecule has 1 unspecified atom stereocenters. The molecular formula is C24H26BrN5O3S. The largest absolute Gasteiger partial charge is 0.496 e. The molecule has 0 saturated heterocycles. The zero-order chi connectivity index (χ0) is 24.2. The molecule has 0 saturated carbocycles. The summed E-state index contributed by atoms with van der Waals surface area (Å²) in [7, 11) is 1.61. The third kappa shape index (κ3) is 4.78. The van der Waals surface area contributed by atoms with Gasteiger partial charge in [0.05, 0.1) is 25.0 Å². The van der Waals surface area contributed by atoms with Crippen molar-refractivity contribution in [3.05, 3.63) is 63.8 Å². The second-order valence-electron chi connectivity index (χ2n) is 7.43. The van der Waals surface area contributed by atoms with Gasteiger partial charge in [-0.15, -0.1) is 5.10 Å². The molecular weight excluding hydrogens is 518 g/mol. The number of rotatable bonds is 8.